The van der Waals surface area contributed by atoms with Crippen molar-refractivity contribution in [3.8, 4) is 0 Å². The van der Waals surface area contributed by atoms with Crippen molar-refractivity contribution in [2.24, 2.45) is 20.0 Å². The summed E-state index contributed by atoms with van der Waals surface area (Å²) in [6.07, 6.45) is 17.9. The molecule has 1 aromatic carbocycles. The van der Waals surface area contributed by atoms with Crippen LogP contribution in [0.3, 0.4) is 0 Å². The van der Waals surface area contributed by atoms with Gasteiger partial charge in [0.2, 0.25) is 0 Å². The Balaban J connectivity index is 0.00000253. The number of fused-ring (bicyclic) bond motifs is 4. The third kappa shape index (κ3) is 4.67. The van der Waals surface area contributed by atoms with Crippen LogP contribution < -0.4 is 29.6 Å². The van der Waals surface area contributed by atoms with Gasteiger partial charge in [-0.05, 0) is 66.3 Å². The van der Waals surface area contributed by atoms with E-state index in [0.29, 0.717) is 34.1 Å². The van der Waals surface area contributed by atoms with Crippen molar-refractivity contribution >= 4 is 38.5 Å². The first kappa shape index (κ1) is 23.5. The quantitative estimate of drug-likeness (QED) is 0.460. The van der Waals surface area contributed by atoms with E-state index in [-0.39, 0.29) is 45.7 Å². The number of hydrogen-bond acceptors (Lipinski definition) is 7. The van der Waals surface area contributed by atoms with Gasteiger partial charge in [-0.15, -0.1) is 0 Å². The molecule has 5 aliphatic rings. The SMILES string of the molecule is O=S(=O)([O-])C1=C(c2ccccc2)C2=CC3=NC(=CC4=NC(=CC5=NC(=CC1=N2)C=C5)C=C4)C=C3.[Na+]. The average Bonchev–Trinajstić information content (AvgIpc) is 3.58. The first-order valence-electron chi connectivity index (χ1n) is 10.4. The fraction of sp³-hybridized carbons (Fsp3) is 0. The van der Waals surface area contributed by atoms with Gasteiger partial charge in [-0.25, -0.2) is 28.4 Å². The summed E-state index contributed by atoms with van der Waals surface area (Å²) >= 11 is 0. The third-order valence-corrected chi connectivity index (χ3v) is 6.39. The summed E-state index contributed by atoms with van der Waals surface area (Å²) in [5.74, 6) is 0. The van der Waals surface area contributed by atoms with Crippen molar-refractivity contribution in [3.63, 3.8) is 0 Å². The number of allylic oxidation sites excluding steroid dienone is 12. The van der Waals surface area contributed by atoms with Crippen molar-refractivity contribution in [2.75, 3.05) is 0 Å². The van der Waals surface area contributed by atoms with Gasteiger partial charge in [0.15, 0.2) is 0 Å². The predicted octanol–water partition coefficient (Wildman–Crippen LogP) is 0.983. The zero-order valence-corrected chi connectivity index (χ0v) is 21.4. The molecule has 0 aromatic heterocycles. The van der Waals surface area contributed by atoms with Crippen LogP contribution in [0.15, 0.2) is 139 Å². The largest absolute Gasteiger partial charge is 1.00 e. The van der Waals surface area contributed by atoms with E-state index >= 15 is 0 Å². The van der Waals surface area contributed by atoms with Crippen LogP contribution in [-0.4, -0.2) is 35.8 Å². The molecule has 164 valence electrons. The molecule has 5 aliphatic heterocycles. The Morgan fingerprint density at radius 3 is 1.69 bits per heavy atom. The molecule has 0 radical (unpaired) electrons. The van der Waals surface area contributed by atoms with E-state index in [2.05, 4.69) is 20.0 Å². The molecule has 6 rings (SSSR count). The molecule has 0 amide bonds. The predicted molar refractivity (Wildman–Crippen MR) is 133 cm³/mol. The van der Waals surface area contributed by atoms with Gasteiger partial charge in [0.25, 0.3) is 0 Å². The molecule has 0 spiro atoms. The molecule has 0 saturated carbocycles. The van der Waals surface area contributed by atoms with E-state index in [0.717, 1.165) is 11.4 Å². The van der Waals surface area contributed by atoms with Gasteiger partial charge in [0.1, 0.15) is 10.1 Å². The van der Waals surface area contributed by atoms with Gasteiger partial charge in [-0.2, -0.15) is 0 Å². The van der Waals surface area contributed by atoms with Crippen molar-refractivity contribution in [3.05, 3.63) is 124 Å². The molecule has 35 heavy (non-hydrogen) atoms. The summed E-state index contributed by atoms with van der Waals surface area (Å²) in [6, 6.07) is 8.88. The van der Waals surface area contributed by atoms with E-state index in [1.807, 2.05) is 42.5 Å². The molecule has 7 nitrogen and oxygen atoms in total. The zero-order valence-electron chi connectivity index (χ0n) is 18.6. The van der Waals surface area contributed by atoms with Gasteiger partial charge in [-0.1, -0.05) is 30.3 Å². The molecule has 0 aliphatic carbocycles. The van der Waals surface area contributed by atoms with Crippen LogP contribution in [0, 0.1) is 0 Å². The molecule has 5 heterocycles. The molecule has 1 aromatic rings. The Kier molecular flexibility index (Phi) is 6.08. The second kappa shape index (κ2) is 9.07. The number of aliphatic imine (C=N–C) groups is 4. The fourth-order valence-corrected chi connectivity index (χ4v) is 4.90. The van der Waals surface area contributed by atoms with Crippen molar-refractivity contribution in [1.82, 2.24) is 0 Å². The van der Waals surface area contributed by atoms with Gasteiger partial charge in [0.05, 0.1) is 50.5 Å². The fourth-order valence-electron chi connectivity index (χ4n) is 4.07. The maximum Gasteiger partial charge on any atom is 1.00 e. The molecule has 0 N–H and O–H groups in total. The topological polar surface area (TPSA) is 107 Å². The summed E-state index contributed by atoms with van der Waals surface area (Å²) in [7, 11) is -4.86. The van der Waals surface area contributed by atoms with Crippen LogP contribution in [0.25, 0.3) is 5.57 Å². The monoisotopic (exact) mass is 486 g/mol. The van der Waals surface area contributed by atoms with Crippen molar-refractivity contribution in [2.45, 2.75) is 0 Å². The van der Waals surface area contributed by atoms with Gasteiger partial charge in [0, 0.05) is 5.57 Å². The van der Waals surface area contributed by atoms with E-state index in [1.165, 1.54) is 6.08 Å². The number of hydrogen-bond donors (Lipinski definition) is 0. The number of nitrogens with zero attached hydrogens (tertiary/aromatic N) is 4. The van der Waals surface area contributed by atoms with Gasteiger partial charge >= 0.3 is 29.6 Å². The van der Waals surface area contributed by atoms with Crippen LogP contribution >= 0.6 is 0 Å². The maximum atomic E-state index is 12.5. The summed E-state index contributed by atoms with van der Waals surface area (Å²) < 4.78 is 37.4. The van der Waals surface area contributed by atoms with Crippen LogP contribution in [0.1, 0.15) is 5.56 Å². The Hall–Kier alpha value is -3.27. The number of rotatable bonds is 2. The maximum absolute atomic E-state index is 12.5. The Bertz CT molecular complexity index is 1640. The Morgan fingerprint density at radius 2 is 1.14 bits per heavy atom. The minimum absolute atomic E-state index is 0. The standard InChI is InChI=1S/C26H16N4O3S.Na/c31-34(32,33)26-24-15-22-11-9-20(29-22)13-18-7-6-17(27-18)12-19-8-10-21(28-19)14-23(30-24)25(26)16-4-2-1-3-5-16;/h1-15H,(H,31,32,33);/q;+1/p-1. The smallest absolute Gasteiger partial charge is 0.744 e. The van der Waals surface area contributed by atoms with Crippen LogP contribution in [-0.2, 0) is 10.1 Å². The second-order valence-electron chi connectivity index (χ2n) is 7.87. The first-order chi connectivity index (χ1) is 16.4. The van der Waals surface area contributed by atoms with Crippen molar-refractivity contribution in [1.29, 1.82) is 0 Å². The van der Waals surface area contributed by atoms with E-state index in [9.17, 15) is 13.0 Å². The first-order valence-corrected chi connectivity index (χ1v) is 11.9. The van der Waals surface area contributed by atoms with E-state index in [1.54, 1.807) is 42.5 Å². The van der Waals surface area contributed by atoms with E-state index < -0.39 is 10.1 Å². The number of benzene rings is 1. The molecule has 0 fully saturated rings. The van der Waals surface area contributed by atoms with Crippen molar-refractivity contribution < 1.29 is 42.5 Å². The van der Waals surface area contributed by atoms with Crippen LogP contribution in [0.4, 0.5) is 0 Å². The minimum atomic E-state index is -4.86. The molecule has 0 unspecified atom stereocenters. The minimum Gasteiger partial charge on any atom is -0.744 e. The third-order valence-electron chi connectivity index (χ3n) is 5.48. The molecule has 0 atom stereocenters. The summed E-state index contributed by atoms with van der Waals surface area (Å²) in [4.78, 5) is 17.9. The normalized spacial score (nSPS) is 19.9. The van der Waals surface area contributed by atoms with Gasteiger partial charge in [-0.3, -0.25) is 0 Å². The molecule has 0 saturated heterocycles. The Labute approximate surface area is 224 Å². The van der Waals surface area contributed by atoms with Gasteiger partial charge < -0.3 is 4.55 Å². The average molecular weight is 486 g/mol. The summed E-state index contributed by atoms with van der Waals surface area (Å²) in [5.41, 5.74) is 5.14. The molecular formula is C26H15N4NaO3S. The Morgan fingerprint density at radius 1 is 0.629 bits per heavy atom. The van der Waals surface area contributed by atoms with E-state index in [4.69, 9.17) is 0 Å². The molecular weight excluding hydrogens is 471 g/mol. The molecule has 9 heteroatoms. The molecule has 8 bridgehead atoms. The second-order valence-corrected chi connectivity index (χ2v) is 9.19. The summed E-state index contributed by atoms with van der Waals surface area (Å²) in [6.45, 7) is 0. The summed E-state index contributed by atoms with van der Waals surface area (Å²) in [5, 5.41) is 0. The zero-order chi connectivity index (χ0) is 23.3. The van der Waals surface area contributed by atoms with Crippen LogP contribution in [0.5, 0.6) is 0 Å². The van der Waals surface area contributed by atoms with Crippen LogP contribution in [0.2, 0.25) is 0 Å².